The molecule has 0 unspecified atom stereocenters. The molecule has 0 atom stereocenters. The highest BCUT2D eigenvalue weighted by molar-refractivity contribution is 5.26. The van der Waals surface area contributed by atoms with Crippen molar-refractivity contribution in [2.24, 2.45) is 27.6 Å². The first-order chi connectivity index (χ1) is 20.5. The molecule has 1 aliphatic rings. The summed E-state index contributed by atoms with van der Waals surface area (Å²) >= 11 is 0. The molecule has 268 valence electrons. The van der Waals surface area contributed by atoms with Gasteiger partial charge < -0.3 is 0 Å². The molecule has 0 heteroatoms. The van der Waals surface area contributed by atoms with Crippen LogP contribution in [0.15, 0.2) is 54.6 Å². The third-order valence-electron chi connectivity index (χ3n) is 9.67. The Balaban J connectivity index is 0. The smallest absolute Gasteiger partial charge is 0.0132 e. The van der Waals surface area contributed by atoms with Crippen LogP contribution in [0.2, 0.25) is 0 Å². The molecule has 46 heavy (non-hydrogen) atoms. The second kappa shape index (κ2) is 20.1. The van der Waals surface area contributed by atoms with Gasteiger partial charge in [0.05, 0.1) is 0 Å². The van der Waals surface area contributed by atoms with Gasteiger partial charge in [-0.2, -0.15) is 0 Å². The Kier molecular flexibility index (Phi) is 20.3. The summed E-state index contributed by atoms with van der Waals surface area (Å²) in [6.45, 7) is 45.3. The number of benzene rings is 2. The lowest BCUT2D eigenvalue weighted by Gasteiger charge is -2.34. The van der Waals surface area contributed by atoms with E-state index in [0.29, 0.717) is 27.1 Å². The molecule has 1 saturated carbocycles. The molecular formula is C46H84. The van der Waals surface area contributed by atoms with Crippen LogP contribution < -0.4 is 0 Å². The summed E-state index contributed by atoms with van der Waals surface area (Å²) in [5, 5.41) is 0. The Hall–Kier alpha value is -1.56. The van der Waals surface area contributed by atoms with Gasteiger partial charge in [0.15, 0.2) is 0 Å². The van der Waals surface area contributed by atoms with Gasteiger partial charge >= 0.3 is 0 Å². The molecule has 3 rings (SSSR count). The SMILES string of the molecule is CC(C)(C)C(C)(C)C.CC(C)(C)C1CCCC1.CC(C)(C)c1ccccc1.CCCCC(C)(C)C.Cc1ccc(C(C)(C)C)cc1. The van der Waals surface area contributed by atoms with Crippen molar-refractivity contribution in [1.29, 1.82) is 0 Å². The summed E-state index contributed by atoms with van der Waals surface area (Å²) in [6, 6.07) is 19.3. The topological polar surface area (TPSA) is 0 Å². The van der Waals surface area contributed by atoms with Crippen LogP contribution in [0, 0.1) is 34.5 Å². The van der Waals surface area contributed by atoms with Crippen LogP contribution in [-0.4, -0.2) is 0 Å². The van der Waals surface area contributed by atoms with Crippen LogP contribution in [0.25, 0.3) is 0 Å². The summed E-state index contributed by atoms with van der Waals surface area (Å²) < 4.78 is 0. The zero-order valence-electron chi connectivity index (χ0n) is 35.2. The lowest BCUT2D eigenvalue weighted by molar-refractivity contribution is 0.157. The summed E-state index contributed by atoms with van der Waals surface area (Å²) in [4.78, 5) is 0. The Labute approximate surface area is 292 Å². The van der Waals surface area contributed by atoms with Crippen molar-refractivity contribution in [2.75, 3.05) is 0 Å². The standard InChI is InChI=1S/C11H16.C10H14.C9H18.2C8H18/c1-9-5-7-10(8-6-9)11(2,3)4;1-10(2,3)9-7-5-4-6-8-9;1-9(2,3)8-6-4-5-7-8;1-7(2,3)8(4,5)6;1-5-6-7-8(2,3)4/h5-8H,1-4H3;4-8H,1-3H3;8H,4-7H2,1-3H3;1-6H3;5-7H2,1-4H3. The number of rotatable bonds is 2. The van der Waals surface area contributed by atoms with Crippen molar-refractivity contribution in [3.63, 3.8) is 0 Å². The third-order valence-corrected chi connectivity index (χ3v) is 9.67. The van der Waals surface area contributed by atoms with Crippen molar-refractivity contribution in [1.82, 2.24) is 0 Å². The van der Waals surface area contributed by atoms with E-state index in [9.17, 15) is 0 Å². The van der Waals surface area contributed by atoms with E-state index in [-0.39, 0.29) is 5.41 Å². The van der Waals surface area contributed by atoms with Crippen molar-refractivity contribution in [2.45, 2.75) is 194 Å². The molecule has 0 amide bonds. The van der Waals surface area contributed by atoms with E-state index >= 15 is 0 Å². The Morgan fingerprint density at radius 1 is 0.522 bits per heavy atom. The third kappa shape index (κ3) is 23.7. The number of hydrogen-bond donors (Lipinski definition) is 0. The van der Waals surface area contributed by atoms with Gasteiger partial charge in [0.1, 0.15) is 0 Å². The Bertz CT molecular complexity index is 976. The molecule has 0 aromatic heterocycles. The van der Waals surface area contributed by atoms with E-state index in [4.69, 9.17) is 0 Å². The summed E-state index contributed by atoms with van der Waals surface area (Å²) in [6.07, 6.45) is 9.97. The Morgan fingerprint density at radius 2 is 0.891 bits per heavy atom. The van der Waals surface area contributed by atoms with E-state index in [1.807, 2.05) is 0 Å². The van der Waals surface area contributed by atoms with Gasteiger partial charge in [-0.1, -0.05) is 217 Å². The van der Waals surface area contributed by atoms with E-state index < -0.39 is 0 Å². The largest absolute Gasteiger partial charge is 0.0654 e. The molecule has 1 aliphatic carbocycles. The number of aryl methyl sites for hydroxylation is 1. The van der Waals surface area contributed by atoms with Crippen LogP contribution in [0.5, 0.6) is 0 Å². The fraction of sp³-hybridized carbons (Fsp3) is 0.739. The molecular weight excluding hydrogens is 553 g/mol. The maximum absolute atomic E-state index is 2.36. The van der Waals surface area contributed by atoms with Crippen LogP contribution in [0.3, 0.4) is 0 Å². The Morgan fingerprint density at radius 3 is 1.11 bits per heavy atom. The highest BCUT2D eigenvalue weighted by Crippen LogP contribution is 2.39. The maximum atomic E-state index is 2.36. The average Bonchev–Trinajstić information content (AvgIpc) is 3.43. The van der Waals surface area contributed by atoms with Crippen molar-refractivity contribution < 1.29 is 0 Å². The second-order valence-electron chi connectivity index (χ2n) is 20.2. The van der Waals surface area contributed by atoms with Gasteiger partial charge in [0.25, 0.3) is 0 Å². The van der Waals surface area contributed by atoms with Gasteiger partial charge in [-0.15, -0.1) is 0 Å². The molecule has 0 radical (unpaired) electrons. The number of unbranched alkanes of at least 4 members (excludes halogenated alkanes) is 1. The van der Waals surface area contributed by atoms with Crippen LogP contribution in [0.1, 0.15) is 193 Å². The van der Waals surface area contributed by atoms with E-state index in [2.05, 4.69) is 193 Å². The first-order valence-corrected chi connectivity index (χ1v) is 18.6. The molecule has 0 bridgehead atoms. The predicted octanol–water partition coefficient (Wildman–Crippen LogP) is 15.8. The molecule has 0 heterocycles. The van der Waals surface area contributed by atoms with Crippen molar-refractivity contribution >= 4 is 0 Å². The zero-order chi connectivity index (χ0) is 36.6. The second-order valence-corrected chi connectivity index (χ2v) is 20.2. The van der Waals surface area contributed by atoms with Crippen LogP contribution in [-0.2, 0) is 10.8 Å². The molecule has 2 aromatic rings. The molecule has 0 spiro atoms. The average molecular weight is 637 g/mol. The minimum atomic E-state index is 0.285. The highest BCUT2D eigenvalue weighted by atomic mass is 14.3. The lowest BCUT2D eigenvalue weighted by Crippen LogP contribution is -2.25. The fourth-order valence-corrected chi connectivity index (χ4v) is 4.49. The summed E-state index contributed by atoms with van der Waals surface area (Å²) in [5.74, 6) is 1.01. The monoisotopic (exact) mass is 637 g/mol. The van der Waals surface area contributed by atoms with Crippen molar-refractivity contribution in [3.05, 3.63) is 71.3 Å². The molecule has 0 aliphatic heterocycles. The molecule has 0 N–H and O–H groups in total. The molecule has 2 aromatic carbocycles. The normalized spacial score (nSPS) is 14.3. The quantitative estimate of drug-likeness (QED) is 0.308. The van der Waals surface area contributed by atoms with Gasteiger partial charge in [-0.3, -0.25) is 0 Å². The van der Waals surface area contributed by atoms with Crippen LogP contribution >= 0.6 is 0 Å². The lowest BCUT2D eigenvalue weighted by atomic mass is 9.71. The van der Waals surface area contributed by atoms with Crippen molar-refractivity contribution in [3.8, 4) is 0 Å². The highest BCUT2D eigenvalue weighted by Gasteiger charge is 2.27. The van der Waals surface area contributed by atoms with Gasteiger partial charge in [-0.25, -0.2) is 0 Å². The van der Waals surface area contributed by atoms with Crippen LogP contribution in [0.4, 0.5) is 0 Å². The van der Waals surface area contributed by atoms with Gasteiger partial charge in [-0.05, 0) is 75.7 Å². The van der Waals surface area contributed by atoms with Gasteiger partial charge in [0.2, 0.25) is 0 Å². The molecule has 0 saturated heterocycles. The molecule has 0 nitrogen and oxygen atoms in total. The number of hydrogen-bond acceptors (Lipinski definition) is 0. The molecule has 1 fully saturated rings. The maximum Gasteiger partial charge on any atom is -0.0132 e. The first kappa shape index (κ1) is 46.6. The van der Waals surface area contributed by atoms with Gasteiger partial charge in [0, 0.05) is 0 Å². The van der Waals surface area contributed by atoms with E-state index in [0.717, 1.165) is 5.92 Å². The first-order valence-electron chi connectivity index (χ1n) is 18.6. The predicted molar refractivity (Wildman–Crippen MR) is 214 cm³/mol. The van der Waals surface area contributed by atoms with E-state index in [1.54, 1.807) is 0 Å². The summed E-state index contributed by atoms with van der Waals surface area (Å²) in [5.41, 5.74) is 6.72. The zero-order valence-corrected chi connectivity index (χ0v) is 35.2. The van der Waals surface area contributed by atoms with E-state index in [1.165, 1.54) is 61.6 Å². The minimum absolute atomic E-state index is 0.285. The fourth-order valence-electron chi connectivity index (χ4n) is 4.49. The minimum Gasteiger partial charge on any atom is -0.0654 e. The summed E-state index contributed by atoms with van der Waals surface area (Å²) in [7, 11) is 0.